The molecule has 0 amide bonds. The third-order valence-electron chi connectivity index (χ3n) is 4.04. The van der Waals surface area contributed by atoms with E-state index in [9.17, 15) is 9.90 Å². The molecule has 0 aromatic rings. The number of hydrogen-bond acceptors (Lipinski definition) is 5. The molecule has 5 heteroatoms. The average Bonchev–Trinajstić information content (AvgIpc) is 2.72. The highest BCUT2D eigenvalue weighted by Gasteiger charge is 2.41. The quantitative estimate of drug-likeness (QED) is 0.264. The predicted molar refractivity (Wildman–Crippen MR) is 89.2 cm³/mol. The first-order valence-corrected chi connectivity index (χ1v) is 8.25. The Morgan fingerprint density at radius 1 is 1.57 bits per heavy atom. The molecule has 2 aliphatic rings. The zero-order chi connectivity index (χ0) is 16.7. The predicted octanol–water partition coefficient (Wildman–Crippen LogP) is 3.97. The van der Waals surface area contributed by atoms with Crippen LogP contribution in [0.2, 0.25) is 0 Å². The van der Waals surface area contributed by atoms with Gasteiger partial charge in [-0.15, -0.1) is 0 Å². The van der Waals surface area contributed by atoms with E-state index in [1.165, 1.54) is 0 Å². The van der Waals surface area contributed by atoms with Crippen molar-refractivity contribution >= 4 is 11.7 Å². The number of rotatable bonds is 6. The van der Waals surface area contributed by atoms with Gasteiger partial charge in [-0.2, -0.15) is 0 Å². The monoisotopic (exact) mass is 319 g/mol. The van der Waals surface area contributed by atoms with E-state index in [4.69, 9.17) is 9.57 Å². The molecule has 2 rings (SSSR count). The molecule has 1 N–H and O–H groups in total. The zero-order valence-corrected chi connectivity index (χ0v) is 13.7. The summed E-state index contributed by atoms with van der Waals surface area (Å²) in [7, 11) is 0. The number of oxime groups is 1. The number of esters is 1. The Morgan fingerprint density at radius 3 is 3.09 bits per heavy atom. The zero-order valence-electron chi connectivity index (χ0n) is 13.7. The van der Waals surface area contributed by atoms with Crippen LogP contribution in [-0.4, -0.2) is 29.0 Å². The molecule has 1 unspecified atom stereocenters. The second-order valence-electron chi connectivity index (χ2n) is 5.97. The molecule has 1 aliphatic carbocycles. The van der Waals surface area contributed by atoms with Crippen molar-refractivity contribution in [1.29, 1.82) is 0 Å². The molecule has 0 fully saturated rings. The first kappa shape index (κ1) is 17.3. The third kappa shape index (κ3) is 4.24. The van der Waals surface area contributed by atoms with Gasteiger partial charge in [0.2, 0.25) is 0 Å². The fraction of sp³-hybridized carbons (Fsp3) is 0.556. The Kier molecular flexibility index (Phi) is 6.02. The summed E-state index contributed by atoms with van der Waals surface area (Å²) < 4.78 is 5.71. The molecule has 1 atom stereocenters. The van der Waals surface area contributed by atoms with Crippen LogP contribution in [0.4, 0.5) is 0 Å². The molecule has 23 heavy (non-hydrogen) atoms. The van der Waals surface area contributed by atoms with E-state index in [-0.39, 0.29) is 17.9 Å². The largest absolute Gasteiger partial charge is 0.511 e. The lowest BCUT2D eigenvalue weighted by molar-refractivity contribution is -0.153. The van der Waals surface area contributed by atoms with Gasteiger partial charge in [0.15, 0.2) is 0 Å². The van der Waals surface area contributed by atoms with E-state index in [2.05, 4.69) is 11.7 Å². The van der Waals surface area contributed by atoms with E-state index in [1.54, 1.807) is 6.08 Å². The van der Waals surface area contributed by atoms with Crippen molar-refractivity contribution < 1.29 is 19.5 Å². The van der Waals surface area contributed by atoms with Gasteiger partial charge in [-0.3, -0.25) is 0 Å². The minimum atomic E-state index is -0.708. The number of hydrogen-bond donors (Lipinski definition) is 1. The summed E-state index contributed by atoms with van der Waals surface area (Å²) in [6.07, 6.45) is 10.9. The lowest BCUT2D eigenvalue weighted by Gasteiger charge is -2.34. The van der Waals surface area contributed by atoms with Gasteiger partial charge in [-0.25, -0.2) is 4.79 Å². The third-order valence-corrected chi connectivity index (χ3v) is 4.04. The normalized spacial score (nSPS) is 25.3. The van der Waals surface area contributed by atoms with Crippen LogP contribution >= 0.6 is 0 Å². The second-order valence-corrected chi connectivity index (χ2v) is 5.97. The van der Waals surface area contributed by atoms with Crippen molar-refractivity contribution in [2.75, 3.05) is 6.61 Å². The maximum atomic E-state index is 12.5. The van der Waals surface area contributed by atoms with Crippen molar-refractivity contribution in [1.82, 2.24) is 0 Å². The van der Waals surface area contributed by atoms with Gasteiger partial charge in [0, 0.05) is 6.42 Å². The molecule has 0 saturated carbocycles. The number of nitrogens with zero attached hydrogens (tertiary/aromatic N) is 1. The van der Waals surface area contributed by atoms with Crippen molar-refractivity contribution in [3.8, 4) is 0 Å². The number of aliphatic hydroxyl groups excluding tert-OH is 1. The van der Waals surface area contributed by atoms with E-state index < -0.39 is 11.6 Å². The highest BCUT2D eigenvalue weighted by Crippen LogP contribution is 2.37. The van der Waals surface area contributed by atoms with Gasteiger partial charge in [-0.05, 0) is 38.2 Å². The van der Waals surface area contributed by atoms with Crippen LogP contribution in [0, 0.1) is 0 Å². The van der Waals surface area contributed by atoms with Gasteiger partial charge in [-0.1, -0.05) is 37.2 Å². The molecular weight excluding hydrogens is 294 g/mol. The molecule has 0 bridgehead atoms. The Labute approximate surface area is 137 Å². The lowest BCUT2D eigenvalue weighted by Crippen LogP contribution is -2.40. The van der Waals surface area contributed by atoms with Gasteiger partial charge in [0.1, 0.15) is 23.5 Å². The Bertz CT molecular complexity index is 547. The molecule has 0 aromatic carbocycles. The Balaban J connectivity index is 2.28. The molecule has 1 spiro atoms. The van der Waals surface area contributed by atoms with E-state index in [0.29, 0.717) is 18.6 Å². The van der Waals surface area contributed by atoms with Crippen LogP contribution in [0.25, 0.3) is 0 Å². The molecule has 0 radical (unpaired) electrons. The smallest absolute Gasteiger partial charge is 0.344 e. The molecule has 0 aromatic heterocycles. The van der Waals surface area contributed by atoms with Crippen LogP contribution in [-0.2, 0) is 14.4 Å². The number of allylic oxidation sites excluding steroid dienone is 1. The van der Waals surface area contributed by atoms with Crippen LogP contribution in [0.5, 0.6) is 0 Å². The SMILES string of the molecule is C=CCO/N=C(\CCC)C1=C(O)CC2(C=CCCCC2)OC1=O. The maximum absolute atomic E-state index is 12.5. The topological polar surface area (TPSA) is 68.1 Å². The minimum Gasteiger partial charge on any atom is -0.511 e. The first-order valence-electron chi connectivity index (χ1n) is 8.25. The Morgan fingerprint density at radius 2 is 2.39 bits per heavy atom. The van der Waals surface area contributed by atoms with E-state index >= 15 is 0 Å². The summed E-state index contributed by atoms with van der Waals surface area (Å²) in [4.78, 5) is 17.6. The van der Waals surface area contributed by atoms with Crippen molar-refractivity contribution in [2.24, 2.45) is 5.16 Å². The van der Waals surface area contributed by atoms with Gasteiger partial charge >= 0.3 is 5.97 Å². The Hall–Kier alpha value is -2.04. The van der Waals surface area contributed by atoms with Crippen LogP contribution < -0.4 is 0 Å². The number of carbonyl (C=O) groups is 1. The summed E-state index contributed by atoms with van der Waals surface area (Å²) in [5, 5.41) is 14.5. The van der Waals surface area contributed by atoms with Crippen LogP contribution in [0.3, 0.4) is 0 Å². The fourth-order valence-corrected chi connectivity index (χ4v) is 2.97. The molecular formula is C18H25NO4. The van der Waals surface area contributed by atoms with Crippen molar-refractivity contribution in [3.63, 3.8) is 0 Å². The summed E-state index contributed by atoms with van der Waals surface area (Å²) in [5.74, 6) is -0.475. The standard InChI is InChI=1S/C18H25NO4/c1-3-9-14(19-22-12-4-2)16-15(20)13-18(23-17(16)21)10-7-5-6-8-11-18/h4,7,10,20H,2-3,5-6,8-9,11-13H2,1H3/b19-14+. The fourth-order valence-electron chi connectivity index (χ4n) is 2.97. The second kappa shape index (κ2) is 7.99. The highest BCUT2D eigenvalue weighted by atomic mass is 16.6. The van der Waals surface area contributed by atoms with Crippen molar-refractivity contribution in [2.45, 2.75) is 57.5 Å². The molecule has 126 valence electrons. The van der Waals surface area contributed by atoms with E-state index in [0.717, 1.165) is 32.1 Å². The van der Waals surface area contributed by atoms with Gasteiger partial charge in [0.25, 0.3) is 0 Å². The molecule has 1 heterocycles. The summed E-state index contributed by atoms with van der Waals surface area (Å²) in [6.45, 7) is 5.79. The molecule has 1 aliphatic heterocycles. The van der Waals surface area contributed by atoms with Gasteiger partial charge in [0.05, 0.1) is 5.71 Å². The van der Waals surface area contributed by atoms with Crippen LogP contribution in [0.15, 0.2) is 41.3 Å². The van der Waals surface area contributed by atoms with Crippen LogP contribution in [0.1, 0.15) is 51.9 Å². The summed E-state index contributed by atoms with van der Waals surface area (Å²) in [6, 6.07) is 0. The summed E-state index contributed by atoms with van der Waals surface area (Å²) in [5.41, 5.74) is -0.121. The maximum Gasteiger partial charge on any atom is 0.344 e. The summed E-state index contributed by atoms with van der Waals surface area (Å²) >= 11 is 0. The van der Waals surface area contributed by atoms with Crippen molar-refractivity contribution in [3.05, 3.63) is 36.1 Å². The molecule has 0 saturated heterocycles. The number of aliphatic hydroxyl groups is 1. The number of ether oxygens (including phenoxy) is 1. The minimum absolute atomic E-state index is 0.0437. The van der Waals surface area contributed by atoms with E-state index in [1.807, 2.05) is 19.1 Å². The van der Waals surface area contributed by atoms with Gasteiger partial charge < -0.3 is 14.7 Å². The first-order chi connectivity index (χ1) is 11.1. The average molecular weight is 319 g/mol. The lowest BCUT2D eigenvalue weighted by atomic mass is 9.87. The molecule has 5 nitrogen and oxygen atoms in total. The number of carbonyl (C=O) groups excluding carboxylic acids is 1. The highest BCUT2D eigenvalue weighted by molar-refractivity contribution is 6.20.